The zero-order valence-electron chi connectivity index (χ0n) is 12.2. The Balaban J connectivity index is 1.60. The first-order valence-electron chi connectivity index (χ1n) is 6.88. The Morgan fingerprint density at radius 1 is 1.30 bits per heavy atom. The molecule has 2 rings (SSSR count). The van der Waals surface area contributed by atoms with Crippen LogP contribution >= 0.6 is 23.1 Å². The minimum Gasteiger partial charge on any atom is -0.452 e. The highest BCUT2D eigenvalue weighted by atomic mass is 32.2. The molecule has 1 amide bonds. The van der Waals surface area contributed by atoms with Crippen molar-refractivity contribution in [3.8, 4) is 0 Å². The largest absolute Gasteiger partial charge is 0.452 e. The van der Waals surface area contributed by atoms with Crippen LogP contribution in [0.15, 0.2) is 40.6 Å². The molecule has 0 unspecified atom stereocenters. The average molecular weight is 352 g/mol. The SMILES string of the molecule is O=C(COC(=O)c1ccc[nH]c1=O)NCCSCc1cccs1. The highest BCUT2D eigenvalue weighted by molar-refractivity contribution is 7.98. The number of nitrogens with one attached hydrogen (secondary N) is 2. The van der Waals surface area contributed by atoms with Gasteiger partial charge in [-0.15, -0.1) is 11.3 Å². The fraction of sp³-hybridized carbons (Fsp3) is 0.267. The Morgan fingerprint density at radius 2 is 2.17 bits per heavy atom. The Hall–Kier alpha value is -2.06. The molecule has 2 aromatic rings. The number of aromatic nitrogens is 1. The maximum atomic E-state index is 11.7. The van der Waals surface area contributed by atoms with Crippen LogP contribution in [0, 0.1) is 0 Å². The second kappa shape index (κ2) is 9.16. The van der Waals surface area contributed by atoms with Crippen LogP contribution in [-0.4, -0.2) is 35.8 Å². The van der Waals surface area contributed by atoms with Crippen molar-refractivity contribution in [1.29, 1.82) is 0 Å². The molecule has 0 saturated carbocycles. The van der Waals surface area contributed by atoms with E-state index in [4.69, 9.17) is 4.74 Å². The van der Waals surface area contributed by atoms with Gasteiger partial charge >= 0.3 is 5.97 Å². The van der Waals surface area contributed by atoms with Gasteiger partial charge < -0.3 is 15.0 Å². The molecule has 0 bridgehead atoms. The first kappa shape index (κ1) is 17.3. The molecule has 6 nitrogen and oxygen atoms in total. The quantitative estimate of drug-likeness (QED) is 0.557. The number of thioether (sulfide) groups is 1. The lowest BCUT2D eigenvalue weighted by Crippen LogP contribution is -2.31. The second-order valence-electron chi connectivity index (χ2n) is 4.47. The molecule has 2 N–H and O–H groups in total. The van der Waals surface area contributed by atoms with Crippen molar-refractivity contribution < 1.29 is 14.3 Å². The number of carbonyl (C=O) groups is 2. The van der Waals surface area contributed by atoms with Gasteiger partial charge in [0.2, 0.25) is 0 Å². The molecule has 0 aromatic carbocycles. The van der Waals surface area contributed by atoms with Crippen LogP contribution in [0.25, 0.3) is 0 Å². The van der Waals surface area contributed by atoms with Gasteiger partial charge in [-0.3, -0.25) is 9.59 Å². The lowest BCUT2D eigenvalue weighted by atomic mass is 10.3. The number of H-pyrrole nitrogens is 1. The first-order valence-corrected chi connectivity index (χ1v) is 8.92. The molecule has 0 aliphatic heterocycles. The summed E-state index contributed by atoms with van der Waals surface area (Å²) < 4.78 is 4.81. The summed E-state index contributed by atoms with van der Waals surface area (Å²) in [6, 6.07) is 6.94. The van der Waals surface area contributed by atoms with Crippen LogP contribution < -0.4 is 10.9 Å². The summed E-state index contributed by atoms with van der Waals surface area (Å²) in [6.45, 7) is 0.0983. The van der Waals surface area contributed by atoms with E-state index in [1.54, 1.807) is 23.1 Å². The van der Waals surface area contributed by atoms with E-state index >= 15 is 0 Å². The number of rotatable bonds is 8. The van der Waals surface area contributed by atoms with E-state index in [0.29, 0.717) is 6.54 Å². The van der Waals surface area contributed by atoms with E-state index in [-0.39, 0.29) is 11.5 Å². The van der Waals surface area contributed by atoms with Gasteiger partial charge in [-0.05, 0) is 23.6 Å². The van der Waals surface area contributed by atoms with E-state index in [9.17, 15) is 14.4 Å². The molecule has 2 heterocycles. The third-order valence-corrected chi connectivity index (χ3v) is 4.83. The summed E-state index contributed by atoms with van der Waals surface area (Å²) in [5, 5.41) is 4.70. The number of ether oxygens (including phenoxy) is 1. The maximum absolute atomic E-state index is 11.7. The highest BCUT2D eigenvalue weighted by Gasteiger charge is 2.12. The fourth-order valence-electron chi connectivity index (χ4n) is 1.67. The Labute approximate surface area is 141 Å². The van der Waals surface area contributed by atoms with Crippen molar-refractivity contribution in [3.05, 3.63) is 56.6 Å². The molecular weight excluding hydrogens is 336 g/mol. The van der Waals surface area contributed by atoms with E-state index in [1.807, 2.05) is 11.4 Å². The maximum Gasteiger partial charge on any atom is 0.344 e. The summed E-state index contributed by atoms with van der Waals surface area (Å²) in [7, 11) is 0. The number of pyridine rings is 1. The van der Waals surface area contributed by atoms with E-state index in [0.717, 1.165) is 11.5 Å². The van der Waals surface area contributed by atoms with E-state index in [1.165, 1.54) is 23.2 Å². The lowest BCUT2D eigenvalue weighted by Gasteiger charge is -2.06. The van der Waals surface area contributed by atoms with Crippen molar-refractivity contribution in [1.82, 2.24) is 10.3 Å². The number of amides is 1. The number of esters is 1. The molecular formula is C15H16N2O4S2. The molecule has 0 saturated heterocycles. The van der Waals surface area contributed by atoms with Gasteiger partial charge in [0.25, 0.3) is 11.5 Å². The summed E-state index contributed by atoms with van der Waals surface area (Å²) in [5.74, 6) is 0.492. The number of hydrogen-bond donors (Lipinski definition) is 2. The van der Waals surface area contributed by atoms with Gasteiger partial charge in [0.15, 0.2) is 6.61 Å². The molecule has 0 fully saturated rings. The summed E-state index contributed by atoms with van der Waals surface area (Å²) >= 11 is 3.42. The molecule has 2 aromatic heterocycles. The van der Waals surface area contributed by atoms with Crippen LogP contribution in [0.5, 0.6) is 0 Å². The molecule has 0 aliphatic carbocycles. The van der Waals surface area contributed by atoms with Crippen molar-refractivity contribution in [2.45, 2.75) is 5.75 Å². The van der Waals surface area contributed by atoms with Gasteiger partial charge in [0.05, 0.1) is 0 Å². The van der Waals surface area contributed by atoms with Gasteiger partial charge in [-0.1, -0.05) is 6.07 Å². The Kier molecular flexibility index (Phi) is 6.89. The Morgan fingerprint density at radius 3 is 2.91 bits per heavy atom. The fourth-order valence-corrected chi connectivity index (χ4v) is 3.37. The second-order valence-corrected chi connectivity index (χ2v) is 6.61. The normalized spacial score (nSPS) is 10.3. The molecule has 0 atom stereocenters. The van der Waals surface area contributed by atoms with Crippen molar-refractivity contribution in [3.63, 3.8) is 0 Å². The zero-order valence-corrected chi connectivity index (χ0v) is 13.9. The number of hydrogen-bond acceptors (Lipinski definition) is 6. The minimum absolute atomic E-state index is 0.119. The number of aromatic amines is 1. The average Bonchev–Trinajstić information content (AvgIpc) is 3.06. The van der Waals surface area contributed by atoms with E-state index < -0.39 is 18.1 Å². The van der Waals surface area contributed by atoms with Gasteiger partial charge in [0, 0.05) is 29.1 Å². The molecule has 23 heavy (non-hydrogen) atoms. The minimum atomic E-state index is -0.811. The molecule has 0 radical (unpaired) electrons. The van der Waals surface area contributed by atoms with Crippen molar-refractivity contribution in [2.24, 2.45) is 0 Å². The monoisotopic (exact) mass is 352 g/mol. The molecule has 8 heteroatoms. The van der Waals surface area contributed by atoms with Gasteiger partial charge in [0.1, 0.15) is 5.56 Å². The van der Waals surface area contributed by atoms with Crippen molar-refractivity contribution in [2.75, 3.05) is 18.9 Å². The molecule has 122 valence electrons. The summed E-state index contributed by atoms with van der Waals surface area (Å²) in [4.78, 5) is 38.3. The van der Waals surface area contributed by atoms with Crippen LogP contribution in [-0.2, 0) is 15.3 Å². The highest BCUT2D eigenvalue weighted by Crippen LogP contribution is 2.16. The van der Waals surface area contributed by atoms with Crippen LogP contribution in [0.4, 0.5) is 0 Å². The van der Waals surface area contributed by atoms with Crippen molar-refractivity contribution >= 4 is 35.0 Å². The molecule has 0 aliphatic rings. The Bertz CT molecular complexity index is 698. The van der Waals surface area contributed by atoms with Crippen LogP contribution in [0.2, 0.25) is 0 Å². The number of thiophene rings is 1. The molecule has 0 spiro atoms. The van der Waals surface area contributed by atoms with Crippen LogP contribution in [0.3, 0.4) is 0 Å². The zero-order chi connectivity index (χ0) is 16.5. The van der Waals surface area contributed by atoms with Gasteiger partial charge in [-0.25, -0.2) is 4.79 Å². The third-order valence-electron chi connectivity index (χ3n) is 2.77. The summed E-state index contributed by atoms with van der Waals surface area (Å²) in [6.07, 6.45) is 1.42. The number of carbonyl (C=O) groups excluding carboxylic acids is 2. The summed E-state index contributed by atoms with van der Waals surface area (Å²) in [5.41, 5.74) is -0.658. The first-order chi connectivity index (χ1) is 11.2. The van der Waals surface area contributed by atoms with E-state index in [2.05, 4.69) is 16.4 Å². The predicted octanol–water partition coefficient (Wildman–Crippen LogP) is 1.64. The standard InChI is InChI=1S/C15H16N2O4S2/c18-13(16-6-8-22-10-11-3-2-7-23-11)9-21-15(20)12-4-1-5-17-14(12)19/h1-5,7H,6,8-10H2,(H,16,18)(H,17,19). The van der Waals surface area contributed by atoms with Crippen LogP contribution in [0.1, 0.15) is 15.2 Å². The predicted molar refractivity (Wildman–Crippen MR) is 90.8 cm³/mol. The lowest BCUT2D eigenvalue weighted by molar-refractivity contribution is -0.124. The van der Waals surface area contributed by atoms with Gasteiger partial charge in [-0.2, -0.15) is 11.8 Å². The smallest absolute Gasteiger partial charge is 0.344 e. The third kappa shape index (κ3) is 5.91. The topological polar surface area (TPSA) is 88.3 Å².